The molecule has 0 fully saturated rings. The molecule has 3 heterocycles. The summed E-state index contributed by atoms with van der Waals surface area (Å²) in [5.41, 5.74) is 7.97. The number of carbonyl (C=O) groups is 1. The largest absolute Gasteiger partial charge is 0.326 e. The van der Waals surface area contributed by atoms with Crippen LogP contribution in [0.4, 0.5) is 0 Å². The standard InChI is InChI=1S/C21H15N7O/c22-8-14-4-5-17(21-25-10-15(9-23)11-26-21)18(7-14)20(29)16-12-27-28(13-16)19-3-1-2-6-24-19/h1-7,10-13H,9,23H2. The molecule has 0 saturated heterocycles. The summed E-state index contributed by atoms with van der Waals surface area (Å²) in [5.74, 6) is 0.691. The number of nitrogens with two attached hydrogens (primary N) is 1. The van der Waals surface area contributed by atoms with E-state index >= 15 is 0 Å². The summed E-state index contributed by atoms with van der Waals surface area (Å²) in [6.07, 6.45) is 7.96. The number of ketones is 1. The maximum Gasteiger partial charge on any atom is 0.196 e. The first-order chi connectivity index (χ1) is 14.2. The summed E-state index contributed by atoms with van der Waals surface area (Å²) < 4.78 is 1.52. The molecular formula is C21H15N7O. The highest BCUT2D eigenvalue weighted by molar-refractivity contribution is 6.12. The van der Waals surface area contributed by atoms with E-state index < -0.39 is 0 Å². The summed E-state index contributed by atoms with van der Waals surface area (Å²) in [6.45, 7) is 0.326. The van der Waals surface area contributed by atoms with Crippen LogP contribution in [0.5, 0.6) is 0 Å². The highest BCUT2D eigenvalue weighted by atomic mass is 16.1. The van der Waals surface area contributed by atoms with E-state index in [9.17, 15) is 10.1 Å². The lowest BCUT2D eigenvalue weighted by atomic mass is 9.97. The number of aromatic nitrogens is 5. The Hall–Kier alpha value is -4.22. The molecular weight excluding hydrogens is 366 g/mol. The Bertz CT molecular complexity index is 1210. The maximum atomic E-state index is 13.2. The van der Waals surface area contributed by atoms with Crippen molar-refractivity contribution in [3.63, 3.8) is 0 Å². The molecule has 140 valence electrons. The van der Waals surface area contributed by atoms with Crippen LogP contribution in [0.3, 0.4) is 0 Å². The molecule has 0 spiro atoms. The Morgan fingerprint density at radius 3 is 2.62 bits per heavy atom. The van der Waals surface area contributed by atoms with Gasteiger partial charge >= 0.3 is 0 Å². The van der Waals surface area contributed by atoms with Crippen molar-refractivity contribution in [3.8, 4) is 23.3 Å². The Balaban J connectivity index is 1.76. The molecule has 0 amide bonds. The van der Waals surface area contributed by atoms with Crippen molar-refractivity contribution < 1.29 is 4.79 Å². The van der Waals surface area contributed by atoms with E-state index in [2.05, 4.69) is 26.1 Å². The molecule has 0 aliphatic carbocycles. The zero-order chi connectivity index (χ0) is 20.2. The van der Waals surface area contributed by atoms with Crippen LogP contribution >= 0.6 is 0 Å². The first-order valence-corrected chi connectivity index (χ1v) is 8.76. The lowest BCUT2D eigenvalue weighted by Gasteiger charge is -2.08. The van der Waals surface area contributed by atoms with Gasteiger partial charge in [0.15, 0.2) is 17.4 Å². The third kappa shape index (κ3) is 3.63. The SMILES string of the molecule is N#Cc1ccc(-c2ncc(CN)cn2)c(C(=O)c2cnn(-c3ccccn3)c2)c1. The lowest BCUT2D eigenvalue weighted by molar-refractivity contribution is 0.103. The predicted octanol–water partition coefficient (Wildman–Crippen LogP) is 2.29. The van der Waals surface area contributed by atoms with E-state index in [-0.39, 0.29) is 5.78 Å². The molecule has 3 aromatic heterocycles. The zero-order valence-electron chi connectivity index (χ0n) is 15.2. The highest BCUT2D eigenvalue weighted by Gasteiger charge is 2.19. The van der Waals surface area contributed by atoms with Crippen LogP contribution < -0.4 is 5.73 Å². The Morgan fingerprint density at radius 2 is 1.93 bits per heavy atom. The average molecular weight is 381 g/mol. The first kappa shape index (κ1) is 18.2. The number of pyridine rings is 1. The highest BCUT2D eigenvalue weighted by Crippen LogP contribution is 2.24. The number of carbonyl (C=O) groups excluding carboxylic acids is 1. The minimum Gasteiger partial charge on any atom is -0.326 e. The molecule has 8 nitrogen and oxygen atoms in total. The van der Waals surface area contributed by atoms with Crippen molar-refractivity contribution in [2.45, 2.75) is 6.54 Å². The van der Waals surface area contributed by atoms with Crippen molar-refractivity contribution in [2.24, 2.45) is 5.73 Å². The van der Waals surface area contributed by atoms with Gasteiger partial charge in [0, 0.05) is 48.0 Å². The summed E-state index contributed by atoms with van der Waals surface area (Å²) >= 11 is 0. The molecule has 29 heavy (non-hydrogen) atoms. The number of hydrogen-bond acceptors (Lipinski definition) is 7. The van der Waals surface area contributed by atoms with Crippen LogP contribution in [-0.4, -0.2) is 30.5 Å². The Morgan fingerprint density at radius 1 is 1.10 bits per heavy atom. The van der Waals surface area contributed by atoms with Crippen molar-refractivity contribution in [2.75, 3.05) is 0 Å². The molecule has 0 bridgehead atoms. The van der Waals surface area contributed by atoms with Gasteiger partial charge in [0.2, 0.25) is 0 Å². The second-order valence-electron chi connectivity index (χ2n) is 6.18. The van der Waals surface area contributed by atoms with E-state index in [4.69, 9.17) is 5.73 Å². The molecule has 0 aliphatic heterocycles. The van der Waals surface area contributed by atoms with Crippen LogP contribution in [0.1, 0.15) is 27.0 Å². The van der Waals surface area contributed by atoms with Gasteiger partial charge in [0.1, 0.15) is 0 Å². The van der Waals surface area contributed by atoms with Gasteiger partial charge in [-0.2, -0.15) is 10.4 Å². The fraction of sp³-hybridized carbons (Fsp3) is 0.0476. The van der Waals surface area contributed by atoms with Crippen molar-refractivity contribution in [1.29, 1.82) is 5.26 Å². The van der Waals surface area contributed by atoms with Crippen LogP contribution in [0.25, 0.3) is 17.2 Å². The molecule has 2 N–H and O–H groups in total. The second-order valence-corrected chi connectivity index (χ2v) is 6.18. The minimum atomic E-state index is -0.286. The summed E-state index contributed by atoms with van der Waals surface area (Å²) in [6, 6.07) is 12.3. The average Bonchev–Trinajstić information content (AvgIpc) is 3.29. The van der Waals surface area contributed by atoms with E-state index in [1.165, 1.54) is 16.9 Å². The molecule has 4 aromatic rings. The third-order valence-corrected chi connectivity index (χ3v) is 4.30. The van der Waals surface area contributed by atoms with E-state index in [1.807, 2.05) is 6.07 Å². The van der Waals surface area contributed by atoms with E-state index in [1.54, 1.807) is 49.1 Å². The predicted molar refractivity (Wildman–Crippen MR) is 105 cm³/mol. The molecule has 0 saturated carbocycles. The lowest BCUT2D eigenvalue weighted by Crippen LogP contribution is -2.06. The van der Waals surface area contributed by atoms with Crippen LogP contribution in [0, 0.1) is 11.3 Å². The molecule has 0 unspecified atom stereocenters. The summed E-state index contributed by atoms with van der Waals surface area (Å²) in [4.78, 5) is 26.1. The first-order valence-electron chi connectivity index (χ1n) is 8.76. The Kier molecular flexibility index (Phi) is 4.88. The van der Waals surface area contributed by atoms with Crippen LogP contribution in [0.2, 0.25) is 0 Å². The van der Waals surface area contributed by atoms with Gasteiger partial charge in [-0.05, 0) is 30.3 Å². The summed E-state index contributed by atoms with van der Waals surface area (Å²) in [7, 11) is 0. The van der Waals surface area contributed by atoms with E-state index in [0.717, 1.165) is 5.56 Å². The zero-order valence-corrected chi connectivity index (χ0v) is 15.2. The number of benzene rings is 1. The smallest absolute Gasteiger partial charge is 0.196 e. The fourth-order valence-corrected chi connectivity index (χ4v) is 2.81. The molecule has 4 rings (SSSR count). The van der Waals surface area contributed by atoms with Gasteiger partial charge in [-0.1, -0.05) is 6.07 Å². The third-order valence-electron chi connectivity index (χ3n) is 4.30. The van der Waals surface area contributed by atoms with Crippen LogP contribution in [0.15, 0.2) is 67.4 Å². The number of nitriles is 1. The van der Waals surface area contributed by atoms with Crippen molar-refractivity contribution >= 4 is 5.78 Å². The number of hydrogen-bond donors (Lipinski definition) is 1. The second kappa shape index (κ2) is 7.80. The monoisotopic (exact) mass is 381 g/mol. The molecule has 0 aliphatic rings. The van der Waals surface area contributed by atoms with Crippen molar-refractivity contribution in [1.82, 2.24) is 24.7 Å². The van der Waals surface area contributed by atoms with Gasteiger partial charge < -0.3 is 5.73 Å². The van der Waals surface area contributed by atoms with Crippen molar-refractivity contribution in [3.05, 3.63) is 89.6 Å². The fourth-order valence-electron chi connectivity index (χ4n) is 2.81. The van der Waals surface area contributed by atoms with Gasteiger partial charge in [0.25, 0.3) is 0 Å². The van der Waals surface area contributed by atoms with Gasteiger partial charge in [-0.15, -0.1) is 0 Å². The van der Waals surface area contributed by atoms with E-state index in [0.29, 0.717) is 40.4 Å². The molecule has 0 radical (unpaired) electrons. The molecule has 8 heteroatoms. The molecule has 0 atom stereocenters. The minimum absolute atomic E-state index is 0.286. The topological polar surface area (TPSA) is 123 Å². The van der Waals surface area contributed by atoms with Crippen LogP contribution in [-0.2, 0) is 6.54 Å². The number of nitrogens with zero attached hydrogens (tertiary/aromatic N) is 6. The van der Waals surface area contributed by atoms with Gasteiger partial charge in [-0.25, -0.2) is 19.6 Å². The number of rotatable bonds is 5. The van der Waals surface area contributed by atoms with Gasteiger partial charge in [0.05, 0.1) is 23.4 Å². The quantitative estimate of drug-likeness (QED) is 0.526. The van der Waals surface area contributed by atoms with Gasteiger partial charge in [-0.3, -0.25) is 4.79 Å². The Labute approximate surface area is 166 Å². The maximum absolute atomic E-state index is 13.2. The normalized spacial score (nSPS) is 10.5. The summed E-state index contributed by atoms with van der Waals surface area (Å²) in [5, 5.41) is 13.5. The molecule has 1 aromatic carbocycles.